The molecule has 18 heavy (non-hydrogen) atoms. The van der Waals surface area contributed by atoms with Gasteiger partial charge in [-0.2, -0.15) is 0 Å². The van der Waals surface area contributed by atoms with Gasteiger partial charge in [0.05, 0.1) is 6.10 Å². The van der Waals surface area contributed by atoms with E-state index in [4.69, 9.17) is 5.73 Å². The lowest BCUT2D eigenvalue weighted by Gasteiger charge is -2.34. The third-order valence-electron chi connectivity index (χ3n) is 3.62. The van der Waals surface area contributed by atoms with Crippen LogP contribution in [0, 0.1) is 12.8 Å². The van der Waals surface area contributed by atoms with Crippen molar-refractivity contribution in [2.45, 2.75) is 25.9 Å². The van der Waals surface area contributed by atoms with Crippen LogP contribution in [-0.2, 0) is 0 Å². The van der Waals surface area contributed by atoms with Gasteiger partial charge in [-0.15, -0.1) is 0 Å². The fourth-order valence-electron chi connectivity index (χ4n) is 2.31. The van der Waals surface area contributed by atoms with Crippen LogP contribution in [0.2, 0.25) is 0 Å². The summed E-state index contributed by atoms with van der Waals surface area (Å²) in [4.78, 5) is 13.9. The van der Waals surface area contributed by atoms with E-state index >= 15 is 0 Å². The molecule has 4 heteroatoms. The van der Waals surface area contributed by atoms with Gasteiger partial charge < -0.3 is 15.7 Å². The summed E-state index contributed by atoms with van der Waals surface area (Å²) in [5.74, 6) is 0.417. The van der Waals surface area contributed by atoms with E-state index in [9.17, 15) is 9.90 Å². The Hall–Kier alpha value is -1.55. The fraction of sp³-hybridized carbons (Fsp3) is 0.500. The Morgan fingerprint density at radius 2 is 2.17 bits per heavy atom. The molecule has 3 N–H and O–H groups in total. The lowest BCUT2D eigenvalue weighted by Crippen LogP contribution is -2.39. The zero-order chi connectivity index (χ0) is 13.3. The molecule has 0 saturated heterocycles. The second-order valence-corrected chi connectivity index (χ2v) is 5.25. The van der Waals surface area contributed by atoms with Crippen LogP contribution in [0.15, 0.2) is 18.2 Å². The van der Waals surface area contributed by atoms with E-state index in [0.29, 0.717) is 23.7 Å². The van der Waals surface area contributed by atoms with Crippen molar-refractivity contribution >= 4 is 11.6 Å². The highest BCUT2D eigenvalue weighted by atomic mass is 16.3. The molecule has 2 rings (SSSR count). The lowest BCUT2D eigenvalue weighted by molar-refractivity contribution is 0.0265. The first-order valence-corrected chi connectivity index (χ1v) is 6.27. The third-order valence-corrected chi connectivity index (χ3v) is 3.62. The number of aliphatic hydroxyl groups is 1. The number of rotatable bonds is 3. The van der Waals surface area contributed by atoms with Gasteiger partial charge in [0.2, 0.25) is 0 Å². The molecule has 1 fully saturated rings. The van der Waals surface area contributed by atoms with Crippen molar-refractivity contribution in [3.05, 3.63) is 29.3 Å². The Morgan fingerprint density at radius 3 is 2.72 bits per heavy atom. The number of hydrogen-bond donors (Lipinski definition) is 2. The quantitative estimate of drug-likeness (QED) is 0.795. The van der Waals surface area contributed by atoms with Crippen LogP contribution in [0.25, 0.3) is 0 Å². The topological polar surface area (TPSA) is 66.6 Å². The lowest BCUT2D eigenvalue weighted by atomic mass is 9.82. The van der Waals surface area contributed by atoms with Crippen LogP contribution < -0.4 is 5.73 Å². The molecule has 1 aromatic carbocycles. The molecule has 4 nitrogen and oxygen atoms in total. The maximum absolute atomic E-state index is 12.2. The predicted octanol–water partition coefficient (Wildman–Crippen LogP) is 1.42. The zero-order valence-electron chi connectivity index (χ0n) is 10.9. The summed E-state index contributed by atoms with van der Waals surface area (Å²) in [5.41, 5.74) is 8.07. The Bertz CT molecular complexity index is 453. The Labute approximate surface area is 107 Å². The molecule has 0 spiro atoms. The first-order chi connectivity index (χ1) is 8.47. The molecule has 0 heterocycles. The Morgan fingerprint density at radius 1 is 1.50 bits per heavy atom. The summed E-state index contributed by atoms with van der Waals surface area (Å²) in [5, 5.41) is 9.23. The van der Waals surface area contributed by atoms with Gasteiger partial charge in [-0.05, 0) is 43.4 Å². The number of carbonyl (C=O) groups is 1. The fourth-order valence-corrected chi connectivity index (χ4v) is 2.31. The monoisotopic (exact) mass is 248 g/mol. The highest BCUT2D eigenvalue weighted by Gasteiger charge is 2.29. The van der Waals surface area contributed by atoms with Crippen LogP contribution >= 0.6 is 0 Å². The number of anilines is 1. The number of hydrogen-bond acceptors (Lipinski definition) is 3. The van der Waals surface area contributed by atoms with Crippen molar-refractivity contribution in [1.82, 2.24) is 4.90 Å². The van der Waals surface area contributed by atoms with E-state index in [0.717, 1.165) is 18.4 Å². The Balaban J connectivity index is 1.99. The van der Waals surface area contributed by atoms with Crippen molar-refractivity contribution in [3.8, 4) is 0 Å². The largest absolute Gasteiger partial charge is 0.398 e. The maximum atomic E-state index is 12.2. The third kappa shape index (κ3) is 2.64. The highest BCUT2D eigenvalue weighted by molar-refractivity contribution is 5.95. The zero-order valence-corrected chi connectivity index (χ0v) is 10.9. The van der Waals surface area contributed by atoms with Gasteiger partial charge in [-0.25, -0.2) is 0 Å². The molecule has 1 saturated carbocycles. The second kappa shape index (κ2) is 4.98. The van der Waals surface area contributed by atoms with Crippen molar-refractivity contribution in [1.29, 1.82) is 0 Å². The second-order valence-electron chi connectivity index (χ2n) is 5.25. The van der Waals surface area contributed by atoms with Crippen LogP contribution in [0.5, 0.6) is 0 Å². The van der Waals surface area contributed by atoms with Crippen LogP contribution in [0.3, 0.4) is 0 Å². The van der Waals surface area contributed by atoms with Gasteiger partial charge in [0.1, 0.15) is 0 Å². The summed E-state index contributed by atoms with van der Waals surface area (Å²) >= 11 is 0. The standard InChI is InChI=1S/C14H20N2O2/c1-9-3-4-11(7-13(9)15)14(18)16(2)8-10-5-12(17)6-10/h3-4,7,10,12,17H,5-6,8,15H2,1-2H3. The van der Waals surface area contributed by atoms with E-state index < -0.39 is 0 Å². The van der Waals surface area contributed by atoms with E-state index in [1.165, 1.54) is 0 Å². The number of carbonyl (C=O) groups excluding carboxylic acids is 1. The molecular weight excluding hydrogens is 228 g/mol. The smallest absolute Gasteiger partial charge is 0.253 e. The summed E-state index contributed by atoms with van der Waals surface area (Å²) in [6.07, 6.45) is 1.43. The molecule has 0 bridgehead atoms. The SMILES string of the molecule is Cc1ccc(C(=O)N(C)CC2CC(O)C2)cc1N. The molecule has 1 aromatic rings. The minimum Gasteiger partial charge on any atom is -0.398 e. The highest BCUT2D eigenvalue weighted by Crippen LogP contribution is 2.28. The minimum atomic E-state index is -0.173. The maximum Gasteiger partial charge on any atom is 0.253 e. The van der Waals surface area contributed by atoms with Gasteiger partial charge in [-0.1, -0.05) is 6.07 Å². The van der Waals surface area contributed by atoms with Gasteiger partial charge in [0.15, 0.2) is 0 Å². The first-order valence-electron chi connectivity index (χ1n) is 6.27. The molecular formula is C14H20N2O2. The molecule has 0 unspecified atom stereocenters. The van der Waals surface area contributed by atoms with Crippen molar-refractivity contribution in [2.75, 3.05) is 19.3 Å². The number of aliphatic hydroxyl groups excluding tert-OH is 1. The summed E-state index contributed by atoms with van der Waals surface area (Å²) in [6, 6.07) is 5.40. The number of nitrogens with two attached hydrogens (primary N) is 1. The van der Waals surface area contributed by atoms with E-state index in [-0.39, 0.29) is 12.0 Å². The molecule has 0 atom stereocenters. The number of aryl methyl sites for hydroxylation is 1. The van der Waals surface area contributed by atoms with E-state index in [1.54, 1.807) is 24.1 Å². The molecule has 0 aliphatic heterocycles. The summed E-state index contributed by atoms with van der Waals surface area (Å²) < 4.78 is 0. The Kier molecular flexibility index (Phi) is 3.57. The van der Waals surface area contributed by atoms with Gasteiger partial charge in [-0.3, -0.25) is 4.79 Å². The average molecular weight is 248 g/mol. The van der Waals surface area contributed by atoms with Crippen LogP contribution in [-0.4, -0.2) is 35.6 Å². The van der Waals surface area contributed by atoms with Gasteiger partial charge in [0.25, 0.3) is 5.91 Å². The first kappa shape index (κ1) is 12.9. The van der Waals surface area contributed by atoms with Crippen molar-refractivity contribution in [3.63, 3.8) is 0 Å². The van der Waals surface area contributed by atoms with Gasteiger partial charge >= 0.3 is 0 Å². The molecule has 98 valence electrons. The van der Waals surface area contributed by atoms with Crippen LogP contribution in [0.4, 0.5) is 5.69 Å². The van der Waals surface area contributed by atoms with E-state index in [1.807, 2.05) is 13.0 Å². The molecule has 1 aliphatic rings. The number of amides is 1. The molecule has 0 aromatic heterocycles. The van der Waals surface area contributed by atoms with Crippen LogP contribution in [0.1, 0.15) is 28.8 Å². The van der Waals surface area contributed by atoms with Crippen molar-refractivity contribution in [2.24, 2.45) is 5.92 Å². The number of benzene rings is 1. The summed E-state index contributed by atoms with van der Waals surface area (Å²) in [6.45, 7) is 2.62. The van der Waals surface area contributed by atoms with Crippen molar-refractivity contribution < 1.29 is 9.90 Å². The number of nitrogen functional groups attached to an aromatic ring is 1. The average Bonchev–Trinajstić information content (AvgIpc) is 2.29. The number of nitrogens with zero attached hydrogens (tertiary/aromatic N) is 1. The molecule has 1 amide bonds. The molecule has 1 aliphatic carbocycles. The normalized spacial score (nSPS) is 22.4. The van der Waals surface area contributed by atoms with E-state index in [2.05, 4.69) is 0 Å². The molecule has 0 radical (unpaired) electrons. The predicted molar refractivity (Wildman–Crippen MR) is 71.3 cm³/mol. The van der Waals surface area contributed by atoms with Gasteiger partial charge in [0, 0.05) is 24.8 Å². The minimum absolute atomic E-state index is 0.0110. The summed E-state index contributed by atoms with van der Waals surface area (Å²) in [7, 11) is 1.79.